The largest absolute Gasteiger partial charge is 0.380 e. The lowest BCUT2D eigenvalue weighted by atomic mass is 10.1. The molecule has 0 saturated heterocycles. The zero-order valence-corrected chi connectivity index (χ0v) is 11.3. The van der Waals surface area contributed by atoms with Crippen LogP contribution in [0, 0.1) is 11.3 Å². The van der Waals surface area contributed by atoms with E-state index in [1.54, 1.807) is 0 Å². The minimum absolute atomic E-state index is 0.520. The van der Waals surface area contributed by atoms with E-state index in [9.17, 15) is 0 Å². The van der Waals surface area contributed by atoms with Gasteiger partial charge in [-0.05, 0) is 26.2 Å². The van der Waals surface area contributed by atoms with Gasteiger partial charge in [0.2, 0.25) is 0 Å². The van der Waals surface area contributed by atoms with E-state index >= 15 is 0 Å². The van der Waals surface area contributed by atoms with Crippen LogP contribution in [0.1, 0.15) is 64.7 Å². The minimum atomic E-state index is 0.520. The second kappa shape index (κ2) is 15.2. The molecule has 0 spiro atoms. The molecular formula is C15H27NO. The van der Waals surface area contributed by atoms with Gasteiger partial charge in [0.25, 0.3) is 0 Å². The van der Waals surface area contributed by atoms with Crippen LogP contribution in [0.15, 0.2) is 12.2 Å². The fraction of sp³-hybridized carbons (Fsp3) is 0.800. The summed E-state index contributed by atoms with van der Waals surface area (Å²) in [5.41, 5.74) is 0. The van der Waals surface area contributed by atoms with Crippen LogP contribution in [0.5, 0.6) is 0 Å². The van der Waals surface area contributed by atoms with Crippen molar-refractivity contribution in [1.29, 1.82) is 5.26 Å². The molecule has 0 atom stereocenters. The summed E-state index contributed by atoms with van der Waals surface area (Å²) >= 11 is 0. The van der Waals surface area contributed by atoms with Crippen LogP contribution in [-0.4, -0.2) is 13.2 Å². The summed E-state index contributed by atoms with van der Waals surface area (Å²) < 4.78 is 5.32. The van der Waals surface area contributed by atoms with Gasteiger partial charge in [0.05, 0.1) is 19.1 Å². The maximum absolute atomic E-state index is 8.31. The molecule has 0 rings (SSSR count). The van der Waals surface area contributed by atoms with Crippen LogP contribution in [0.2, 0.25) is 0 Å². The van der Waals surface area contributed by atoms with Gasteiger partial charge in [-0.15, -0.1) is 0 Å². The lowest BCUT2D eigenvalue weighted by Crippen LogP contribution is -1.95. The molecule has 0 bridgehead atoms. The van der Waals surface area contributed by atoms with Gasteiger partial charge >= 0.3 is 0 Å². The summed E-state index contributed by atoms with van der Waals surface area (Å²) in [7, 11) is 0. The van der Waals surface area contributed by atoms with Crippen molar-refractivity contribution in [2.75, 3.05) is 13.2 Å². The number of nitrogens with zero attached hydrogens (tertiary/aromatic N) is 1. The van der Waals surface area contributed by atoms with E-state index in [-0.39, 0.29) is 0 Å². The molecule has 0 radical (unpaired) electrons. The second-order valence-electron chi connectivity index (χ2n) is 4.35. The molecule has 17 heavy (non-hydrogen) atoms. The van der Waals surface area contributed by atoms with Crippen LogP contribution in [-0.2, 0) is 4.74 Å². The van der Waals surface area contributed by atoms with Gasteiger partial charge in [0.1, 0.15) is 0 Å². The minimum Gasteiger partial charge on any atom is -0.380 e. The Hall–Kier alpha value is -0.810. The summed E-state index contributed by atoms with van der Waals surface area (Å²) in [5.74, 6) is 0. The fourth-order valence-electron chi connectivity index (χ4n) is 1.74. The van der Waals surface area contributed by atoms with E-state index in [2.05, 4.69) is 25.1 Å². The van der Waals surface area contributed by atoms with E-state index in [1.807, 2.05) is 0 Å². The molecule has 98 valence electrons. The van der Waals surface area contributed by atoms with Gasteiger partial charge in [-0.1, -0.05) is 44.3 Å². The average Bonchev–Trinajstić information content (AvgIpc) is 2.35. The summed E-state index contributed by atoms with van der Waals surface area (Å²) in [6.45, 7) is 3.50. The van der Waals surface area contributed by atoms with Crippen molar-refractivity contribution in [3.63, 3.8) is 0 Å². The Morgan fingerprint density at radius 1 is 0.941 bits per heavy atom. The van der Waals surface area contributed by atoms with Gasteiger partial charge in [-0.25, -0.2) is 0 Å². The molecule has 0 amide bonds. The number of allylic oxidation sites excluding steroid dienone is 2. The van der Waals surface area contributed by atoms with Crippen LogP contribution in [0.4, 0.5) is 0 Å². The molecule has 0 aliphatic carbocycles. The number of unbranched alkanes of at least 4 members (excludes halogenated alkanes) is 7. The zero-order chi connectivity index (χ0) is 12.6. The third-order valence-corrected chi connectivity index (χ3v) is 2.75. The van der Waals surface area contributed by atoms with Crippen molar-refractivity contribution < 1.29 is 4.74 Å². The van der Waals surface area contributed by atoms with Gasteiger partial charge < -0.3 is 4.74 Å². The summed E-state index contributed by atoms with van der Waals surface area (Å²) in [5, 5.41) is 8.31. The summed E-state index contributed by atoms with van der Waals surface area (Å²) in [4.78, 5) is 0. The first-order valence-corrected chi connectivity index (χ1v) is 6.97. The average molecular weight is 237 g/mol. The number of hydrogen-bond acceptors (Lipinski definition) is 2. The molecule has 0 aromatic rings. The first-order chi connectivity index (χ1) is 8.41. The highest BCUT2D eigenvalue weighted by molar-refractivity contribution is 4.76. The third kappa shape index (κ3) is 15.2. The highest BCUT2D eigenvalue weighted by Crippen LogP contribution is 2.08. The highest BCUT2D eigenvalue weighted by atomic mass is 16.5. The maximum Gasteiger partial charge on any atom is 0.0645 e. The summed E-state index contributed by atoms with van der Waals surface area (Å²) in [6.07, 6.45) is 15.3. The Bertz CT molecular complexity index is 205. The van der Waals surface area contributed by atoms with E-state index in [0.717, 1.165) is 13.0 Å². The SMILES string of the molecule is C/C=C/CCCCCCCCCOCCC#N. The second-order valence-corrected chi connectivity index (χ2v) is 4.35. The molecular weight excluding hydrogens is 210 g/mol. The molecule has 0 aliphatic heterocycles. The maximum atomic E-state index is 8.31. The fourth-order valence-corrected chi connectivity index (χ4v) is 1.74. The Balaban J connectivity index is 2.92. The Kier molecular flexibility index (Phi) is 14.5. The quantitative estimate of drug-likeness (QED) is 0.367. The van der Waals surface area contributed by atoms with Gasteiger partial charge in [-0.2, -0.15) is 5.26 Å². The number of hydrogen-bond donors (Lipinski definition) is 0. The van der Waals surface area contributed by atoms with E-state index in [0.29, 0.717) is 13.0 Å². The van der Waals surface area contributed by atoms with Crippen molar-refractivity contribution in [3.8, 4) is 6.07 Å². The highest BCUT2D eigenvalue weighted by Gasteiger charge is 1.92. The van der Waals surface area contributed by atoms with Crippen molar-refractivity contribution in [2.24, 2.45) is 0 Å². The van der Waals surface area contributed by atoms with Crippen LogP contribution < -0.4 is 0 Å². The lowest BCUT2D eigenvalue weighted by molar-refractivity contribution is 0.135. The number of ether oxygens (including phenoxy) is 1. The molecule has 2 heteroatoms. The van der Waals surface area contributed by atoms with Crippen molar-refractivity contribution in [2.45, 2.75) is 64.7 Å². The first kappa shape index (κ1) is 16.2. The van der Waals surface area contributed by atoms with Gasteiger partial charge in [0.15, 0.2) is 0 Å². The third-order valence-electron chi connectivity index (χ3n) is 2.75. The van der Waals surface area contributed by atoms with Gasteiger partial charge in [0, 0.05) is 6.61 Å². The van der Waals surface area contributed by atoms with Crippen LogP contribution in [0.3, 0.4) is 0 Å². The molecule has 0 heterocycles. The predicted molar refractivity (Wildman–Crippen MR) is 72.8 cm³/mol. The van der Waals surface area contributed by atoms with E-state index in [1.165, 1.54) is 44.9 Å². The zero-order valence-electron chi connectivity index (χ0n) is 11.3. The molecule has 0 aromatic carbocycles. The molecule has 0 N–H and O–H groups in total. The standard InChI is InChI=1S/C15H27NO/c1-2-3-4-5-6-7-8-9-10-11-14-17-15-12-13-16/h2-3H,4-12,14-15H2,1H3/b3-2+. The molecule has 0 saturated carbocycles. The smallest absolute Gasteiger partial charge is 0.0645 e. The monoisotopic (exact) mass is 237 g/mol. The normalized spacial score (nSPS) is 10.8. The molecule has 2 nitrogen and oxygen atoms in total. The van der Waals surface area contributed by atoms with Gasteiger partial charge in [-0.3, -0.25) is 0 Å². The van der Waals surface area contributed by atoms with E-state index in [4.69, 9.17) is 10.00 Å². The van der Waals surface area contributed by atoms with Crippen LogP contribution in [0.25, 0.3) is 0 Å². The summed E-state index contributed by atoms with van der Waals surface area (Å²) in [6, 6.07) is 2.08. The molecule has 0 unspecified atom stereocenters. The van der Waals surface area contributed by atoms with Crippen molar-refractivity contribution >= 4 is 0 Å². The topological polar surface area (TPSA) is 33.0 Å². The van der Waals surface area contributed by atoms with Crippen molar-refractivity contribution in [3.05, 3.63) is 12.2 Å². The lowest BCUT2D eigenvalue weighted by Gasteiger charge is -2.02. The van der Waals surface area contributed by atoms with E-state index < -0.39 is 0 Å². The van der Waals surface area contributed by atoms with Crippen LogP contribution >= 0.6 is 0 Å². The number of rotatable bonds is 12. The Morgan fingerprint density at radius 2 is 1.59 bits per heavy atom. The molecule has 0 fully saturated rings. The molecule has 0 aliphatic rings. The van der Waals surface area contributed by atoms with Crippen molar-refractivity contribution in [1.82, 2.24) is 0 Å². The molecule has 0 aromatic heterocycles. The Morgan fingerprint density at radius 3 is 2.24 bits per heavy atom. The first-order valence-electron chi connectivity index (χ1n) is 6.97. The Labute approximate surface area is 107 Å². The number of nitriles is 1. The predicted octanol–water partition coefficient (Wildman–Crippen LogP) is 4.61.